The van der Waals surface area contributed by atoms with Gasteiger partial charge in [-0.05, 0) is 30.5 Å². The molecule has 0 atom stereocenters. The third-order valence-corrected chi connectivity index (χ3v) is 4.59. The van der Waals surface area contributed by atoms with Crippen molar-refractivity contribution < 1.29 is 27.4 Å². The van der Waals surface area contributed by atoms with E-state index >= 15 is 0 Å². The molecule has 0 aliphatic carbocycles. The third-order valence-electron chi connectivity index (χ3n) is 4.59. The predicted octanol–water partition coefficient (Wildman–Crippen LogP) is 2.24. The summed E-state index contributed by atoms with van der Waals surface area (Å²) in [6.45, 7) is 3.52. The van der Waals surface area contributed by atoms with Crippen LogP contribution < -0.4 is 26.6 Å². The Morgan fingerprint density at radius 2 is 1.97 bits per heavy atom. The number of ether oxygens (including phenoxy) is 2. The first kappa shape index (κ1) is 26.0. The fraction of sp³-hybridized carbons (Fsp3) is 0.476. The molecule has 2 aromatic rings. The molecule has 0 fully saturated rings. The maximum atomic E-state index is 13.0. The van der Waals surface area contributed by atoms with Crippen molar-refractivity contribution in [2.24, 2.45) is 5.92 Å². The topological polar surface area (TPSA) is 120 Å². The summed E-state index contributed by atoms with van der Waals surface area (Å²) in [5.74, 6) is -1.06. The first-order chi connectivity index (χ1) is 15.5. The molecule has 1 amide bonds. The average Bonchev–Trinajstić information content (AvgIpc) is 2.73. The highest BCUT2D eigenvalue weighted by Gasteiger charge is 2.31. The number of hydrogen-bond donors (Lipinski definition) is 2. The lowest BCUT2D eigenvalue weighted by atomic mass is 10.2. The maximum Gasteiger partial charge on any atom is 0.416 e. The standard InChI is InChI=1S/C21H27F3N4O5/c1-13(2)11-28-18(25)17(19(30)26-20(28)31)27(8-5-9-32-3)16(29)12-33-15-7-4-6-14(10-15)21(22,23)24/h4,6-7,10,13H,5,8-9,11-12,25H2,1-3H3,(H,26,30,31). The number of methoxy groups -OCH3 is 1. The molecular formula is C21H27F3N4O5. The second kappa shape index (κ2) is 11.0. The number of aromatic amines is 1. The number of aromatic nitrogens is 2. The van der Waals surface area contributed by atoms with Gasteiger partial charge in [-0.3, -0.25) is 19.1 Å². The van der Waals surface area contributed by atoms with Crippen molar-refractivity contribution in [3.63, 3.8) is 0 Å². The number of hydrogen-bond acceptors (Lipinski definition) is 6. The van der Waals surface area contributed by atoms with Gasteiger partial charge in [-0.15, -0.1) is 0 Å². The van der Waals surface area contributed by atoms with Gasteiger partial charge in [-0.25, -0.2) is 4.79 Å². The molecular weight excluding hydrogens is 445 g/mol. The van der Waals surface area contributed by atoms with Crippen LogP contribution in [0.15, 0.2) is 33.9 Å². The van der Waals surface area contributed by atoms with Crippen LogP contribution in [0, 0.1) is 5.92 Å². The van der Waals surface area contributed by atoms with E-state index in [2.05, 4.69) is 4.98 Å². The molecule has 3 N–H and O–H groups in total. The lowest BCUT2D eigenvalue weighted by molar-refractivity contribution is -0.137. The van der Waals surface area contributed by atoms with E-state index in [1.54, 1.807) is 0 Å². The molecule has 9 nitrogen and oxygen atoms in total. The van der Waals surface area contributed by atoms with E-state index in [0.29, 0.717) is 6.42 Å². The van der Waals surface area contributed by atoms with Crippen molar-refractivity contribution in [2.75, 3.05) is 37.5 Å². The van der Waals surface area contributed by atoms with Crippen molar-refractivity contribution in [2.45, 2.75) is 33.0 Å². The number of nitrogens with one attached hydrogen (secondary N) is 1. The van der Waals surface area contributed by atoms with Crippen LogP contribution in [-0.4, -0.2) is 42.3 Å². The summed E-state index contributed by atoms with van der Waals surface area (Å²) in [4.78, 5) is 40.9. The number of nitrogens with two attached hydrogens (primary N) is 1. The van der Waals surface area contributed by atoms with Gasteiger partial charge in [0.2, 0.25) is 0 Å². The molecule has 0 saturated carbocycles. The maximum absolute atomic E-state index is 13.0. The van der Waals surface area contributed by atoms with Gasteiger partial charge in [-0.1, -0.05) is 19.9 Å². The van der Waals surface area contributed by atoms with Gasteiger partial charge in [0.15, 0.2) is 12.3 Å². The van der Waals surface area contributed by atoms with Crippen molar-refractivity contribution in [1.82, 2.24) is 9.55 Å². The van der Waals surface area contributed by atoms with Crippen molar-refractivity contribution in [1.29, 1.82) is 0 Å². The van der Waals surface area contributed by atoms with E-state index in [0.717, 1.165) is 27.7 Å². The number of H-pyrrole nitrogens is 1. The number of carbonyl (C=O) groups excluding carboxylic acids is 1. The van der Waals surface area contributed by atoms with Gasteiger partial charge >= 0.3 is 11.9 Å². The number of alkyl halides is 3. The monoisotopic (exact) mass is 472 g/mol. The zero-order valence-electron chi connectivity index (χ0n) is 18.6. The number of rotatable bonds is 10. The lowest BCUT2D eigenvalue weighted by Crippen LogP contribution is -2.43. The molecule has 1 heterocycles. The quantitative estimate of drug-likeness (QED) is 0.512. The van der Waals surface area contributed by atoms with Gasteiger partial charge in [0.25, 0.3) is 11.5 Å². The van der Waals surface area contributed by atoms with Crippen LogP contribution in [0.2, 0.25) is 0 Å². The zero-order valence-corrected chi connectivity index (χ0v) is 18.6. The number of carbonyl (C=O) groups is 1. The summed E-state index contributed by atoms with van der Waals surface area (Å²) < 4.78 is 50.2. The SMILES string of the molecule is COCCCN(C(=O)COc1cccc(C(F)(F)F)c1)c1c(N)n(CC(C)C)c(=O)[nH]c1=O. The number of amides is 1. The highest BCUT2D eigenvalue weighted by molar-refractivity contribution is 5.96. The van der Waals surface area contributed by atoms with Crippen LogP contribution in [-0.2, 0) is 22.3 Å². The first-order valence-electron chi connectivity index (χ1n) is 10.2. The number of nitrogen functional groups attached to an aromatic ring is 1. The zero-order chi connectivity index (χ0) is 24.8. The Morgan fingerprint density at radius 3 is 2.58 bits per heavy atom. The molecule has 33 heavy (non-hydrogen) atoms. The van der Waals surface area contributed by atoms with Gasteiger partial charge in [-0.2, -0.15) is 13.2 Å². The third kappa shape index (κ3) is 6.85. The van der Waals surface area contributed by atoms with Crippen LogP contribution in [0.1, 0.15) is 25.8 Å². The van der Waals surface area contributed by atoms with E-state index in [-0.39, 0.29) is 42.9 Å². The molecule has 0 aliphatic rings. The van der Waals surface area contributed by atoms with Crippen molar-refractivity contribution in [3.8, 4) is 5.75 Å². The minimum atomic E-state index is -4.57. The van der Waals surface area contributed by atoms with Gasteiger partial charge in [0.1, 0.15) is 11.6 Å². The Labute approximate surface area is 187 Å². The summed E-state index contributed by atoms with van der Waals surface area (Å²) in [6.07, 6.45) is -4.24. The Hall–Kier alpha value is -3.28. The largest absolute Gasteiger partial charge is 0.484 e. The number of benzene rings is 1. The molecule has 0 bridgehead atoms. The Kier molecular flexibility index (Phi) is 8.69. The summed E-state index contributed by atoms with van der Waals surface area (Å²) >= 11 is 0. The van der Waals surface area contributed by atoms with Gasteiger partial charge in [0.05, 0.1) is 5.56 Å². The summed E-state index contributed by atoms with van der Waals surface area (Å²) in [5.41, 5.74) is 3.38. The van der Waals surface area contributed by atoms with E-state index < -0.39 is 35.5 Å². The van der Waals surface area contributed by atoms with Crippen LogP contribution in [0.5, 0.6) is 5.75 Å². The van der Waals surface area contributed by atoms with Crippen LogP contribution in [0.4, 0.5) is 24.7 Å². The molecule has 0 unspecified atom stereocenters. The lowest BCUT2D eigenvalue weighted by Gasteiger charge is -2.25. The summed E-state index contributed by atoms with van der Waals surface area (Å²) in [7, 11) is 1.47. The highest BCUT2D eigenvalue weighted by atomic mass is 19.4. The Balaban J connectivity index is 2.36. The molecule has 1 aromatic carbocycles. The van der Waals surface area contributed by atoms with Gasteiger partial charge in [0, 0.05) is 26.8 Å². The van der Waals surface area contributed by atoms with Crippen LogP contribution in [0.3, 0.4) is 0 Å². The second-order valence-electron chi connectivity index (χ2n) is 7.70. The van der Waals surface area contributed by atoms with Gasteiger partial charge < -0.3 is 20.1 Å². The fourth-order valence-corrected chi connectivity index (χ4v) is 3.10. The minimum absolute atomic E-state index is 0.00574. The van der Waals surface area contributed by atoms with E-state index in [1.165, 1.54) is 13.2 Å². The Bertz CT molecular complexity index is 1080. The molecule has 2 rings (SSSR count). The Morgan fingerprint density at radius 1 is 1.27 bits per heavy atom. The number of anilines is 2. The van der Waals surface area contributed by atoms with Crippen molar-refractivity contribution >= 4 is 17.4 Å². The average molecular weight is 472 g/mol. The van der Waals surface area contributed by atoms with Crippen molar-refractivity contribution in [3.05, 3.63) is 50.7 Å². The normalized spacial score (nSPS) is 11.6. The molecule has 0 radical (unpaired) electrons. The summed E-state index contributed by atoms with van der Waals surface area (Å²) in [5, 5.41) is 0. The molecule has 12 heteroatoms. The highest BCUT2D eigenvalue weighted by Crippen LogP contribution is 2.31. The predicted molar refractivity (Wildman–Crippen MR) is 116 cm³/mol. The molecule has 0 spiro atoms. The second-order valence-corrected chi connectivity index (χ2v) is 7.70. The molecule has 0 aliphatic heterocycles. The smallest absolute Gasteiger partial charge is 0.416 e. The van der Waals surface area contributed by atoms with Crippen LogP contribution in [0.25, 0.3) is 0 Å². The summed E-state index contributed by atoms with van der Waals surface area (Å²) in [6, 6.07) is 4.09. The van der Waals surface area contributed by atoms with E-state index in [1.807, 2.05) is 13.8 Å². The van der Waals surface area contributed by atoms with E-state index in [4.69, 9.17) is 15.2 Å². The molecule has 182 valence electrons. The van der Waals surface area contributed by atoms with Crippen LogP contribution >= 0.6 is 0 Å². The fourth-order valence-electron chi connectivity index (χ4n) is 3.10. The molecule has 0 saturated heterocycles. The molecule has 1 aromatic heterocycles. The minimum Gasteiger partial charge on any atom is -0.484 e. The first-order valence-corrected chi connectivity index (χ1v) is 10.2. The number of nitrogens with zero attached hydrogens (tertiary/aromatic N) is 2. The number of halogens is 3. The van der Waals surface area contributed by atoms with E-state index in [9.17, 15) is 27.6 Å².